The molecule has 0 saturated carbocycles. The summed E-state index contributed by atoms with van der Waals surface area (Å²) in [6.07, 6.45) is 1.49. The molecule has 4 aromatic rings. The van der Waals surface area contributed by atoms with Crippen LogP contribution in [-0.2, 0) is 13.1 Å². The minimum Gasteiger partial charge on any atom is -0.437 e. The summed E-state index contributed by atoms with van der Waals surface area (Å²) in [4.78, 5) is 10.9. The third-order valence-corrected chi connectivity index (χ3v) is 5.12. The van der Waals surface area contributed by atoms with E-state index in [2.05, 4.69) is 55.1 Å². The normalized spacial score (nSPS) is 10.6. The van der Waals surface area contributed by atoms with E-state index in [1.165, 1.54) is 17.5 Å². The zero-order valence-corrected chi connectivity index (χ0v) is 17.9. The number of benzene rings is 3. The smallest absolute Gasteiger partial charge is 0.248 e. The molecule has 0 amide bonds. The molecule has 6 heteroatoms. The van der Waals surface area contributed by atoms with Crippen LogP contribution in [0.15, 0.2) is 95.7 Å². The van der Waals surface area contributed by atoms with E-state index in [0.717, 1.165) is 4.47 Å². The Labute approximate surface area is 184 Å². The second kappa shape index (κ2) is 9.41. The molecule has 4 rings (SSSR count). The quantitative estimate of drug-likeness (QED) is 0.376. The van der Waals surface area contributed by atoms with Gasteiger partial charge < -0.3 is 15.4 Å². The van der Waals surface area contributed by atoms with Crippen molar-refractivity contribution in [3.05, 3.63) is 107 Å². The molecule has 0 fully saturated rings. The van der Waals surface area contributed by atoms with Crippen LogP contribution in [0.4, 0.5) is 11.5 Å². The van der Waals surface area contributed by atoms with Crippen molar-refractivity contribution in [3.8, 4) is 11.6 Å². The van der Waals surface area contributed by atoms with Gasteiger partial charge in [-0.05, 0) is 35.4 Å². The molecule has 150 valence electrons. The first-order valence-corrected chi connectivity index (χ1v) is 10.3. The fourth-order valence-electron chi connectivity index (χ4n) is 3.13. The maximum Gasteiger partial charge on any atom is 0.248 e. The second-order valence-electron chi connectivity index (χ2n) is 6.80. The number of nitrogens with zero attached hydrogens (tertiary/aromatic N) is 3. The summed E-state index contributed by atoms with van der Waals surface area (Å²) in [5.41, 5.74) is 9.21. The lowest BCUT2D eigenvalue weighted by atomic mass is 10.1. The van der Waals surface area contributed by atoms with Crippen molar-refractivity contribution in [1.29, 1.82) is 0 Å². The summed E-state index contributed by atoms with van der Waals surface area (Å²) in [7, 11) is 0. The Balaban J connectivity index is 1.66. The lowest BCUT2D eigenvalue weighted by Gasteiger charge is -2.25. The molecule has 0 aliphatic heterocycles. The van der Waals surface area contributed by atoms with Gasteiger partial charge in [0.15, 0.2) is 5.82 Å². The van der Waals surface area contributed by atoms with Gasteiger partial charge in [-0.3, -0.25) is 0 Å². The lowest BCUT2D eigenvalue weighted by molar-refractivity contribution is 0.464. The fraction of sp³-hybridized carbons (Fsp3) is 0.0833. The van der Waals surface area contributed by atoms with E-state index in [1.54, 1.807) is 0 Å². The molecule has 1 aromatic heterocycles. The number of anilines is 2. The van der Waals surface area contributed by atoms with Crippen LogP contribution in [0.5, 0.6) is 11.6 Å². The van der Waals surface area contributed by atoms with Gasteiger partial charge in [0.2, 0.25) is 5.88 Å². The summed E-state index contributed by atoms with van der Waals surface area (Å²) in [5, 5.41) is 0. The van der Waals surface area contributed by atoms with Crippen molar-refractivity contribution in [2.75, 3.05) is 10.6 Å². The summed E-state index contributed by atoms with van der Waals surface area (Å²) < 4.78 is 6.91. The Kier molecular flexibility index (Phi) is 6.25. The van der Waals surface area contributed by atoms with E-state index >= 15 is 0 Å². The standard InChI is InChI=1S/C24H21BrN4O/c25-20-11-13-21(14-12-20)30-24-22(26)23(27-17-28-24)29(15-18-7-3-1-4-8-18)16-19-9-5-2-6-10-19/h1-14,17H,15-16,26H2. The molecule has 0 unspecified atom stereocenters. The number of nitrogen functional groups attached to an aromatic ring is 1. The van der Waals surface area contributed by atoms with E-state index < -0.39 is 0 Å². The molecular formula is C24H21BrN4O. The van der Waals surface area contributed by atoms with Gasteiger partial charge in [0.1, 0.15) is 17.8 Å². The van der Waals surface area contributed by atoms with E-state index in [-0.39, 0.29) is 0 Å². The van der Waals surface area contributed by atoms with Crippen molar-refractivity contribution in [3.63, 3.8) is 0 Å². The van der Waals surface area contributed by atoms with Crippen LogP contribution in [0, 0.1) is 0 Å². The van der Waals surface area contributed by atoms with Crippen LogP contribution < -0.4 is 15.4 Å². The van der Waals surface area contributed by atoms with Gasteiger partial charge in [-0.2, -0.15) is 4.98 Å². The Morgan fingerprint density at radius 1 is 0.767 bits per heavy atom. The first kappa shape index (κ1) is 19.9. The highest BCUT2D eigenvalue weighted by molar-refractivity contribution is 9.10. The first-order valence-electron chi connectivity index (χ1n) is 9.56. The number of ether oxygens (including phenoxy) is 1. The van der Waals surface area contributed by atoms with Crippen molar-refractivity contribution >= 4 is 27.4 Å². The van der Waals surface area contributed by atoms with Crippen molar-refractivity contribution in [2.45, 2.75) is 13.1 Å². The third kappa shape index (κ3) is 4.96. The number of aromatic nitrogens is 2. The molecule has 30 heavy (non-hydrogen) atoms. The molecule has 0 bridgehead atoms. The van der Waals surface area contributed by atoms with Crippen molar-refractivity contribution in [1.82, 2.24) is 9.97 Å². The van der Waals surface area contributed by atoms with Crippen LogP contribution in [-0.4, -0.2) is 9.97 Å². The zero-order valence-electron chi connectivity index (χ0n) is 16.3. The van der Waals surface area contributed by atoms with Gasteiger partial charge in [0.25, 0.3) is 0 Å². The molecule has 1 heterocycles. The molecule has 2 N–H and O–H groups in total. The maximum absolute atomic E-state index is 6.47. The second-order valence-corrected chi connectivity index (χ2v) is 7.72. The van der Waals surface area contributed by atoms with Gasteiger partial charge in [0.05, 0.1) is 0 Å². The van der Waals surface area contributed by atoms with E-state index in [4.69, 9.17) is 10.5 Å². The molecular weight excluding hydrogens is 440 g/mol. The first-order chi connectivity index (χ1) is 14.7. The van der Waals surface area contributed by atoms with Crippen molar-refractivity contribution in [2.24, 2.45) is 0 Å². The molecule has 3 aromatic carbocycles. The number of halogens is 1. The lowest BCUT2D eigenvalue weighted by Crippen LogP contribution is -2.24. The van der Waals surface area contributed by atoms with E-state index in [0.29, 0.717) is 36.2 Å². The minimum absolute atomic E-state index is 0.341. The van der Waals surface area contributed by atoms with E-state index in [1.807, 2.05) is 60.7 Å². The van der Waals surface area contributed by atoms with Gasteiger partial charge in [-0.25, -0.2) is 4.98 Å². The van der Waals surface area contributed by atoms with Crippen LogP contribution in [0.3, 0.4) is 0 Å². The number of rotatable bonds is 7. The highest BCUT2D eigenvalue weighted by atomic mass is 79.9. The van der Waals surface area contributed by atoms with Gasteiger partial charge in [-0.1, -0.05) is 76.6 Å². The topological polar surface area (TPSA) is 64.3 Å². The number of hydrogen-bond donors (Lipinski definition) is 1. The highest BCUT2D eigenvalue weighted by Crippen LogP contribution is 2.33. The predicted octanol–water partition coefficient (Wildman–Crippen LogP) is 5.82. The molecule has 0 aliphatic rings. The molecule has 0 radical (unpaired) electrons. The van der Waals surface area contributed by atoms with Crippen molar-refractivity contribution < 1.29 is 4.74 Å². The summed E-state index contributed by atoms with van der Waals surface area (Å²) in [6, 6.07) is 28.0. The molecule has 0 saturated heterocycles. The Morgan fingerprint density at radius 2 is 1.33 bits per heavy atom. The summed E-state index contributed by atoms with van der Waals surface area (Å²) in [6.45, 7) is 1.32. The fourth-order valence-corrected chi connectivity index (χ4v) is 3.40. The average molecular weight is 461 g/mol. The molecule has 5 nitrogen and oxygen atoms in total. The van der Waals surface area contributed by atoms with Crippen LogP contribution in [0.25, 0.3) is 0 Å². The Hall–Kier alpha value is -3.38. The van der Waals surface area contributed by atoms with E-state index in [9.17, 15) is 0 Å². The largest absolute Gasteiger partial charge is 0.437 e. The van der Waals surface area contributed by atoms with Gasteiger partial charge in [0, 0.05) is 17.6 Å². The Bertz CT molecular complexity index is 1050. The molecule has 0 spiro atoms. The van der Waals surface area contributed by atoms with Gasteiger partial charge >= 0.3 is 0 Å². The van der Waals surface area contributed by atoms with Gasteiger partial charge in [-0.15, -0.1) is 0 Å². The SMILES string of the molecule is Nc1c(Oc2ccc(Br)cc2)ncnc1N(Cc1ccccc1)Cc1ccccc1. The minimum atomic E-state index is 0.341. The predicted molar refractivity (Wildman–Crippen MR) is 123 cm³/mol. The average Bonchev–Trinajstić information content (AvgIpc) is 2.78. The number of hydrogen-bond acceptors (Lipinski definition) is 5. The monoisotopic (exact) mass is 460 g/mol. The summed E-state index contributed by atoms with van der Waals surface area (Å²) >= 11 is 3.43. The van der Waals surface area contributed by atoms with Crippen LogP contribution in [0.2, 0.25) is 0 Å². The van der Waals surface area contributed by atoms with Crippen LogP contribution >= 0.6 is 15.9 Å². The number of nitrogens with two attached hydrogens (primary N) is 1. The Morgan fingerprint density at radius 3 is 1.90 bits per heavy atom. The highest BCUT2D eigenvalue weighted by Gasteiger charge is 2.17. The molecule has 0 atom stereocenters. The third-order valence-electron chi connectivity index (χ3n) is 4.59. The molecule has 0 aliphatic carbocycles. The summed E-state index contributed by atoms with van der Waals surface area (Å²) in [5.74, 6) is 1.64. The van der Waals surface area contributed by atoms with Crippen LogP contribution in [0.1, 0.15) is 11.1 Å². The zero-order chi connectivity index (χ0) is 20.8. The maximum atomic E-state index is 6.47.